The molecule has 1 aromatic heterocycles. The van der Waals surface area contributed by atoms with E-state index < -0.39 is 3.79 Å². The Morgan fingerprint density at radius 1 is 1.28 bits per heavy atom. The van der Waals surface area contributed by atoms with E-state index in [1.165, 1.54) is 0 Å². The van der Waals surface area contributed by atoms with Gasteiger partial charge in [-0.05, 0) is 18.6 Å². The van der Waals surface area contributed by atoms with Crippen LogP contribution in [0.15, 0.2) is 24.3 Å². The van der Waals surface area contributed by atoms with Gasteiger partial charge in [0.25, 0.3) is 0 Å². The molecule has 1 fully saturated rings. The topological polar surface area (TPSA) is 39.9 Å². The number of fused-ring (bicyclic) bond motifs is 1. The molecule has 96 valence electrons. The van der Waals surface area contributed by atoms with Crippen molar-refractivity contribution in [2.24, 2.45) is 5.92 Å². The second-order valence-corrected chi connectivity index (χ2v) is 6.59. The van der Waals surface area contributed by atoms with Gasteiger partial charge in [-0.2, -0.15) is 0 Å². The van der Waals surface area contributed by atoms with Crippen molar-refractivity contribution in [2.75, 3.05) is 6.61 Å². The second kappa shape index (κ2) is 4.53. The first-order valence-corrected chi connectivity index (χ1v) is 6.69. The molecule has 0 spiro atoms. The SMILES string of the molecule is ClC(Cl)(Cl)[C@H]1CCO[C@H]1n1nnc2ccccc21. The van der Waals surface area contributed by atoms with Gasteiger partial charge in [-0.1, -0.05) is 52.1 Å². The average Bonchev–Trinajstić information content (AvgIpc) is 2.93. The molecule has 1 aliphatic heterocycles. The first-order valence-electron chi connectivity index (χ1n) is 5.55. The van der Waals surface area contributed by atoms with E-state index in [2.05, 4.69) is 10.3 Å². The Morgan fingerprint density at radius 3 is 2.83 bits per heavy atom. The van der Waals surface area contributed by atoms with Crippen LogP contribution in [0.1, 0.15) is 12.6 Å². The number of nitrogens with zero attached hydrogens (tertiary/aromatic N) is 3. The lowest BCUT2D eigenvalue weighted by molar-refractivity contribution is 0.0257. The highest BCUT2D eigenvalue weighted by molar-refractivity contribution is 6.67. The van der Waals surface area contributed by atoms with Gasteiger partial charge in [-0.15, -0.1) is 5.10 Å². The van der Waals surface area contributed by atoms with Crippen LogP contribution >= 0.6 is 34.8 Å². The number of hydrogen-bond acceptors (Lipinski definition) is 3. The highest BCUT2D eigenvalue weighted by atomic mass is 35.6. The molecule has 2 aromatic rings. The lowest BCUT2D eigenvalue weighted by Gasteiger charge is -2.24. The molecule has 1 saturated heterocycles. The number of aromatic nitrogens is 3. The zero-order valence-electron chi connectivity index (χ0n) is 9.26. The maximum atomic E-state index is 5.99. The monoisotopic (exact) mass is 305 g/mol. The Labute approximate surface area is 119 Å². The summed E-state index contributed by atoms with van der Waals surface area (Å²) in [5.41, 5.74) is 1.68. The summed E-state index contributed by atoms with van der Waals surface area (Å²) in [6.07, 6.45) is 0.305. The first-order chi connectivity index (χ1) is 8.57. The molecule has 3 rings (SSSR count). The minimum atomic E-state index is -1.37. The summed E-state index contributed by atoms with van der Waals surface area (Å²) >= 11 is 18.0. The van der Waals surface area contributed by atoms with Gasteiger partial charge in [0.2, 0.25) is 0 Å². The Bertz CT molecular complexity index is 566. The fourth-order valence-corrected chi connectivity index (χ4v) is 2.87. The van der Waals surface area contributed by atoms with Crippen LogP contribution in [-0.4, -0.2) is 25.4 Å². The Morgan fingerprint density at radius 2 is 2.06 bits per heavy atom. The van der Waals surface area contributed by atoms with Gasteiger partial charge in [-0.25, -0.2) is 4.68 Å². The van der Waals surface area contributed by atoms with Crippen molar-refractivity contribution in [3.63, 3.8) is 0 Å². The maximum absolute atomic E-state index is 5.99. The van der Waals surface area contributed by atoms with Gasteiger partial charge in [-0.3, -0.25) is 0 Å². The third-order valence-corrected chi connectivity index (χ3v) is 3.94. The maximum Gasteiger partial charge on any atom is 0.197 e. The number of hydrogen-bond donors (Lipinski definition) is 0. The molecule has 1 aliphatic rings. The van der Waals surface area contributed by atoms with Crippen molar-refractivity contribution in [3.05, 3.63) is 24.3 Å². The van der Waals surface area contributed by atoms with Crippen LogP contribution in [0, 0.1) is 5.92 Å². The van der Waals surface area contributed by atoms with Crippen LogP contribution in [0.3, 0.4) is 0 Å². The van der Waals surface area contributed by atoms with E-state index in [0.717, 1.165) is 11.0 Å². The van der Waals surface area contributed by atoms with E-state index in [0.29, 0.717) is 13.0 Å². The molecule has 0 aliphatic carbocycles. The van der Waals surface area contributed by atoms with Gasteiger partial charge in [0, 0.05) is 6.61 Å². The smallest absolute Gasteiger partial charge is 0.197 e. The van der Waals surface area contributed by atoms with Gasteiger partial charge in [0.1, 0.15) is 5.52 Å². The molecule has 2 heterocycles. The second-order valence-electron chi connectivity index (χ2n) is 4.22. The Hall–Kier alpha value is -0.550. The van der Waals surface area contributed by atoms with E-state index in [1.54, 1.807) is 4.68 Å². The van der Waals surface area contributed by atoms with Crippen LogP contribution in [0.5, 0.6) is 0 Å². The molecular weight excluding hydrogens is 297 g/mol. The summed E-state index contributed by atoms with van der Waals surface area (Å²) in [5, 5.41) is 8.19. The third-order valence-electron chi connectivity index (χ3n) is 3.10. The fraction of sp³-hybridized carbons (Fsp3) is 0.455. The summed E-state index contributed by atoms with van der Waals surface area (Å²) in [5.74, 6) is -0.229. The Kier molecular flexibility index (Phi) is 3.14. The summed E-state index contributed by atoms with van der Waals surface area (Å²) < 4.78 is 5.97. The van der Waals surface area contributed by atoms with Crippen molar-refractivity contribution in [1.29, 1.82) is 0 Å². The van der Waals surface area contributed by atoms with E-state index in [-0.39, 0.29) is 12.1 Å². The lowest BCUT2D eigenvalue weighted by Crippen LogP contribution is -2.27. The zero-order valence-corrected chi connectivity index (χ0v) is 11.5. The fourth-order valence-electron chi connectivity index (χ4n) is 2.22. The number of benzene rings is 1. The van der Waals surface area contributed by atoms with E-state index >= 15 is 0 Å². The average molecular weight is 307 g/mol. The predicted octanol–water partition coefficient (Wildman–Crippen LogP) is 3.34. The van der Waals surface area contributed by atoms with Crippen molar-refractivity contribution in [2.45, 2.75) is 16.4 Å². The Balaban J connectivity index is 2.04. The molecule has 7 heteroatoms. The summed E-state index contributed by atoms with van der Waals surface area (Å²) in [6.45, 7) is 0.553. The summed E-state index contributed by atoms with van der Waals surface area (Å²) in [7, 11) is 0. The quantitative estimate of drug-likeness (QED) is 0.759. The number of halogens is 3. The van der Waals surface area contributed by atoms with E-state index in [9.17, 15) is 0 Å². The summed E-state index contributed by atoms with van der Waals surface area (Å²) in [6, 6.07) is 7.63. The van der Waals surface area contributed by atoms with Crippen molar-refractivity contribution < 1.29 is 4.74 Å². The zero-order chi connectivity index (χ0) is 12.8. The van der Waals surface area contributed by atoms with E-state index in [4.69, 9.17) is 39.5 Å². The summed E-state index contributed by atoms with van der Waals surface area (Å²) in [4.78, 5) is 0. The van der Waals surface area contributed by atoms with Gasteiger partial charge >= 0.3 is 0 Å². The van der Waals surface area contributed by atoms with Gasteiger partial charge in [0.15, 0.2) is 10.0 Å². The van der Waals surface area contributed by atoms with Crippen LogP contribution in [0.4, 0.5) is 0 Å². The number of ether oxygens (including phenoxy) is 1. The molecule has 1 aromatic carbocycles. The standard InChI is InChI=1S/C11H10Cl3N3O/c12-11(13,14)7-5-6-18-10(7)17-9-4-2-1-3-8(9)15-16-17/h1-4,7,10H,5-6H2/t7-,10+/m0/s1. The largest absolute Gasteiger partial charge is 0.356 e. The molecule has 0 N–H and O–H groups in total. The molecule has 0 bridgehead atoms. The highest BCUT2D eigenvalue weighted by Crippen LogP contribution is 2.47. The molecule has 0 unspecified atom stereocenters. The van der Waals surface area contributed by atoms with Crippen LogP contribution in [0.2, 0.25) is 0 Å². The molecule has 18 heavy (non-hydrogen) atoms. The normalized spacial score (nSPS) is 24.8. The van der Waals surface area contributed by atoms with Crippen molar-refractivity contribution in [3.8, 4) is 0 Å². The van der Waals surface area contributed by atoms with Crippen molar-refractivity contribution >= 4 is 45.8 Å². The molecule has 0 radical (unpaired) electrons. The minimum Gasteiger partial charge on any atom is -0.356 e. The van der Waals surface area contributed by atoms with Crippen molar-refractivity contribution in [1.82, 2.24) is 15.0 Å². The van der Waals surface area contributed by atoms with E-state index in [1.807, 2.05) is 24.3 Å². The highest BCUT2D eigenvalue weighted by Gasteiger charge is 2.44. The van der Waals surface area contributed by atoms with Crippen LogP contribution in [-0.2, 0) is 4.74 Å². The van der Waals surface area contributed by atoms with Crippen LogP contribution < -0.4 is 0 Å². The predicted molar refractivity (Wildman–Crippen MR) is 70.9 cm³/mol. The van der Waals surface area contributed by atoms with Crippen LogP contribution in [0.25, 0.3) is 11.0 Å². The molecule has 0 saturated carbocycles. The minimum absolute atomic E-state index is 0.229. The molecule has 2 atom stereocenters. The lowest BCUT2D eigenvalue weighted by atomic mass is 10.1. The number of alkyl halides is 3. The number of rotatable bonds is 1. The number of para-hydroxylation sites is 1. The molecule has 4 nitrogen and oxygen atoms in total. The van der Waals surface area contributed by atoms with Gasteiger partial charge in [0.05, 0.1) is 11.4 Å². The first kappa shape index (κ1) is 12.5. The third kappa shape index (κ3) is 2.07. The van der Waals surface area contributed by atoms with Gasteiger partial charge < -0.3 is 4.74 Å². The molecular formula is C11H10Cl3N3O. The molecule has 0 amide bonds.